The Balaban J connectivity index is 1.84. The lowest BCUT2D eigenvalue weighted by atomic mass is 9.79. The molecule has 0 aliphatic carbocycles. The van der Waals surface area contributed by atoms with Crippen LogP contribution in [0.25, 0.3) is 0 Å². The summed E-state index contributed by atoms with van der Waals surface area (Å²) in [5.41, 5.74) is 4.32. The first kappa shape index (κ1) is 16.3. The molecular formula is C15H20ClIN2OS. The molecule has 0 bridgehead atoms. The van der Waals surface area contributed by atoms with Gasteiger partial charge in [0.25, 0.3) is 0 Å². The van der Waals surface area contributed by atoms with E-state index in [4.69, 9.17) is 22.2 Å². The summed E-state index contributed by atoms with van der Waals surface area (Å²) in [6.07, 6.45) is 3.29. The minimum Gasteiger partial charge on any atom is -0.374 e. The lowest BCUT2D eigenvalue weighted by Crippen LogP contribution is -2.45. The molecule has 2 heterocycles. The van der Waals surface area contributed by atoms with Gasteiger partial charge < -0.3 is 4.74 Å². The summed E-state index contributed by atoms with van der Waals surface area (Å²) in [5.74, 6) is 8.72. The topological polar surface area (TPSA) is 47.3 Å². The Morgan fingerprint density at radius 1 is 1.52 bits per heavy atom. The molecular weight excluding hydrogens is 419 g/mol. The molecule has 2 aliphatic rings. The molecule has 1 aromatic rings. The van der Waals surface area contributed by atoms with Gasteiger partial charge in [-0.15, -0.1) is 0 Å². The maximum absolute atomic E-state index is 6.18. The second kappa shape index (κ2) is 6.93. The Bertz CT molecular complexity index is 510. The fourth-order valence-electron chi connectivity index (χ4n) is 3.45. The summed E-state index contributed by atoms with van der Waals surface area (Å²) < 4.78 is 7.33. The highest BCUT2D eigenvalue weighted by Gasteiger charge is 2.42. The van der Waals surface area contributed by atoms with E-state index < -0.39 is 0 Å². The van der Waals surface area contributed by atoms with Crippen molar-refractivity contribution in [2.24, 2.45) is 11.8 Å². The van der Waals surface area contributed by atoms with Crippen LogP contribution in [-0.4, -0.2) is 23.7 Å². The number of benzene rings is 1. The number of hydrogen-bond acceptors (Lipinski definition) is 4. The number of ether oxygens (including phenoxy) is 1. The summed E-state index contributed by atoms with van der Waals surface area (Å²) in [5, 5.41) is 0.767. The van der Waals surface area contributed by atoms with E-state index in [2.05, 4.69) is 34.1 Å². The zero-order valence-corrected chi connectivity index (χ0v) is 15.5. The van der Waals surface area contributed by atoms with Crippen LogP contribution in [0.15, 0.2) is 18.2 Å². The van der Waals surface area contributed by atoms with Gasteiger partial charge in [0.2, 0.25) is 0 Å². The Morgan fingerprint density at radius 2 is 2.38 bits per heavy atom. The van der Waals surface area contributed by atoms with Crippen molar-refractivity contribution in [2.75, 3.05) is 18.1 Å². The molecule has 116 valence electrons. The average molecular weight is 439 g/mol. The zero-order chi connectivity index (χ0) is 14.9. The van der Waals surface area contributed by atoms with Crippen LogP contribution in [0.2, 0.25) is 5.02 Å². The lowest BCUT2D eigenvalue weighted by Gasteiger charge is -2.41. The van der Waals surface area contributed by atoms with E-state index in [1.54, 1.807) is 0 Å². The second-order valence-electron chi connectivity index (χ2n) is 5.90. The highest BCUT2D eigenvalue weighted by atomic mass is 127. The SMILES string of the molecule is NNC(c1cc(Cl)ccc1I)C1CCOC2(CCSC2)C1. The summed E-state index contributed by atoms with van der Waals surface area (Å²) in [7, 11) is 0. The molecule has 2 fully saturated rings. The van der Waals surface area contributed by atoms with Gasteiger partial charge >= 0.3 is 0 Å². The largest absolute Gasteiger partial charge is 0.374 e. The van der Waals surface area contributed by atoms with Gasteiger partial charge in [-0.05, 0) is 77.3 Å². The van der Waals surface area contributed by atoms with Gasteiger partial charge in [0.15, 0.2) is 0 Å². The van der Waals surface area contributed by atoms with Crippen molar-refractivity contribution in [1.29, 1.82) is 0 Å². The average Bonchev–Trinajstić information content (AvgIpc) is 2.91. The van der Waals surface area contributed by atoms with Crippen molar-refractivity contribution in [1.82, 2.24) is 5.43 Å². The number of hydrazine groups is 1. The Kier molecular flexibility index (Phi) is 5.39. The highest BCUT2D eigenvalue weighted by Crippen LogP contribution is 2.44. The van der Waals surface area contributed by atoms with Gasteiger partial charge in [-0.2, -0.15) is 11.8 Å². The maximum Gasteiger partial charge on any atom is 0.0783 e. The first-order valence-corrected chi connectivity index (χ1v) is 9.87. The molecule has 1 aromatic carbocycles. The van der Waals surface area contributed by atoms with Crippen molar-refractivity contribution in [2.45, 2.75) is 30.9 Å². The fraction of sp³-hybridized carbons (Fsp3) is 0.600. The quantitative estimate of drug-likeness (QED) is 0.429. The number of nitrogens with one attached hydrogen (secondary N) is 1. The van der Waals surface area contributed by atoms with E-state index in [0.717, 1.165) is 36.6 Å². The predicted octanol–water partition coefficient (Wildman–Crippen LogP) is 3.75. The minimum atomic E-state index is 0.0761. The standard InChI is InChI=1S/C15H20ClIN2OS/c16-11-1-2-13(17)12(7-11)14(19-18)10-3-5-20-15(8-10)4-6-21-9-15/h1-2,7,10,14,19H,3-6,8-9,18H2. The molecule has 3 rings (SSSR count). The van der Waals surface area contributed by atoms with E-state index in [1.165, 1.54) is 14.9 Å². The molecule has 0 aromatic heterocycles. The molecule has 3 unspecified atom stereocenters. The van der Waals surface area contributed by atoms with Crippen molar-refractivity contribution in [3.05, 3.63) is 32.4 Å². The zero-order valence-electron chi connectivity index (χ0n) is 11.8. The van der Waals surface area contributed by atoms with Gasteiger partial charge in [0.1, 0.15) is 0 Å². The second-order valence-corrected chi connectivity index (χ2v) is 8.60. The summed E-state index contributed by atoms with van der Waals surface area (Å²) in [4.78, 5) is 0. The third-order valence-corrected chi connectivity index (χ3v) is 6.98. The van der Waals surface area contributed by atoms with Crippen LogP contribution in [0.1, 0.15) is 30.9 Å². The first-order chi connectivity index (χ1) is 10.1. The van der Waals surface area contributed by atoms with Crippen LogP contribution in [0, 0.1) is 9.49 Å². The van der Waals surface area contributed by atoms with Crippen molar-refractivity contribution < 1.29 is 4.74 Å². The molecule has 2 saturated heterocycles. The smallest absolute Gasteiger partial charge is 0.0783 e. The summed E-state index contributed by atoms with van der Waals surface area (Å²) in [6.45, 7) is 0.834. The van der Waals surface area contributed by atoms with Gasteiger partial charge in [-0.25, -0.2) is 0 Å². The molecule has 0 radical (unpaired) electrons. The van der Waals surface area contributed by atoms with Crippen LogP contribution >= 0.6 is 46.0 Å². The summed E-state index contributed by atoms with van der Waals surface area (Å²) >= 11 is 10.5. The number of hydrogen-bond donors (Lipinski definition) is 2. The molecule has 2 aliphatic heterocycles. The third kappa shape index (κ3) is 3.53. The van der Waals surface area contributed by atoms with Crippen molar-refractivity contribution in [3.8, 4) is 0 Å². The molecule has 3 nitrogen and oxygen atoms in total. The van der Waals surface area contributed by atoms with E-state index in [1.807, 2.05) is 23.9 Å². The van der Waals surface area contributed by atoms with E-state index in [-0.39, 0.29) is 11.6 Å². The van der Waals surface area contributed by atoms with Crippen LogP contribution in [0.3, 0.4) is 0 Å². The molecule has 6 heteroatoms. The van der Waals surface area contributed by atoms with Crippen LogP contribution < -0.4 is 11.3 Å². The third-order valence-electron chi connectivity index (χ3n) is 4.54. The number of rotatable bonds is 3. The monoisotopic (exact) mass is 438 g/mol. The van der Waals surface area contributed by atoms with Gasteiger partial charge in [-0.1, -0.05) is 11.6 Å². The predicted molar refractivity (Wildman–Crippen MR) is 97.6 cm³/mol. The highest BCUT2D eigenvalue weighted by molar-refractivity contribution is 14.1. The van der Waals surface area contributed by atoms with Gasteiger partial charge in [0.05, 0.1) is 11.6 Å². The molecule has 21 heavy (non-hydrogen) atoms. The van der Waals surface area contributed by atoms with Crippen LogP contribution in [0.4, 0.5) is 0 Å². The molecule has 3 atom stereocenters. The van der Waals surface area contributed by atoms with Crippen LogP contribution in [0.5, 0.6) is 0 Å². The Morgan fingerprint density at radius 3 is 3.10 bits per heavy atom. The van der Waals surface area contributed by atoms with Gasteiger partial charge in [-0.3, -0.25) is 11.3 Å². The maximum atomic E-state index is 6.18. The Hall–Kier alpha value is 0.470. The first-order valence-electron chi connectivity index (χ1n) is 7.26. The fourth-order valence-corrected chi connectivity index (χ4v) is 5.68. The Labute approximate surface area is 148 Å². The number of thioether (sulfide) groups is 1. The minimum absolute atomic E-state index is 0.0761. The lowest BCUT2D eigenvalue weighted by molar-refractivity contribution is -0.0854. The van der Waals surface area contributed by atoms with E-state index >= 15 is 0 Å². The van der Waals surface area contributed by atoms with Crippen molar-refractivity contribution >= 4 is 46.0 Å². The van der Waals surface area contributed by atoms with Gasteiger partial charge in [0, 0.05) is 21.0 Å². The number of halogens is 2. The molecule has 0 amide bonds. The summed E-state index contributed by atoms with van der Waals surface area (Å²) in [6, 6.07) is 6.17. The molecule has 3 N–H and O–H groups in total. The van der Waals surface area contributed by atoms with E-state index in [0.29, 0.717) is 5.92 Å². The molecule has 1 spiro atoms. The normalized spacial score (nSPS) is 30.7. The van der Waals surface area contributed by atoms with Crippen molar-refractivity contribution in [3.63, 3.8) is 0 Å². The molecule has 0 saturated carbocycles. The van der Waals surface area contributed by atoms with Crippen LogP contribution in [-0.2, 0) is 4.74 Å². The van der Waals surface area contributed by atoms with E-state index in [9.17, 15) is 0 Å². The number of nitrogens with two attached hydrogens (primary N) is 1.